The van der Waals surface area contributed by atoms with Crippen molar-refractivity contribution in [2.24, 2.45) is 23.2 Å². The molecule has 0 bridgehead atoms. The Labute approximate surface area is 193 Å². The van der Waals surface area contributed by atoms with Gasteiger partial charge < -0.3 is 15.3 Å². The summed E-state index contributed by atoms with van der Waals surface area (Å²) < 4.78 is 0. The van der Waals surface area contributed by atoms with E-state index >= 15 is 0 Å². The number of nitrogens with zero attached hydrogens (tertiary/aromatic N) is 2. The molecule has 1 saturated carbocycles. The van der Waals surface area contributed by atoms with Crippen molar-refractivity contribution < 1.29 is 14.7 Å². The van der Waals surface area contributed by atoms with Crippen molar-refractivity contribution in [3.8, 4) is 0 Å². The number of likely N-dealkylation sites (N-methyl/N-ethyl adjacent to an activating group) is 1. The fourth-order valence-corrected chi connectivity index (χ4v) is 7.32. The maximum Gasteiger partial charge on any atom is 0.236 e. The standard InChI is InChI=1S/C23H35N3O3S2/c1-7-10-26(5)21(29)13(2)15-8-9-23(4)11-16-19(14(3)18(23)20(15)28)25-22(31-16)24-17(27)12-30-6/h7,13-15,18,20,28H,1,8-12H2,2-6H3,(H,24,25,27)/t13-,14-,15?,18+,20-,23-/m0/s1. The predicted molar refractivity (Wildman–Crippen MR) is 129 cm³/mol. The third-order valence-electron chi connectivity index (χ3n) is 7.25. The van der Waals surface area contributed by atoms with Crippen LogP contribution < -0.4 is 5.32 Å². The number of thioether (sulfide) groups is 1. The summed E-state index contributed by atoms with van der Waals surface area (Å²) >= 11 is 3.05. The van der Waals surface area contributed by atoms with Gasteiger partial charge in [-0.2, -0.15) is 11.8 Å². The molecular formula is C23H35N3O3S2. The molecule has 2 aliphatic rings. The molecule has 2 amide bonds. The molecule has 6 atom stereocenters. The average Bonchev–Trinajstić information content (AvgIpc) is 3.09. The molecule has 2 aliphatic carbocycles. The molecule has 6 nitrogen and oxygen atoms in total. The van der Waals surface area contributed by atoms with E-state index in [0.29, 0.717) is 17.4 Å². The van der Waals surface area contributed by atoms with Gasteiger partial charge in [-0.15, -0.1) is 17.9 Å². The molecule has 1 fully saturated rings. The zero-order chi connectivity index (χ0) is 22.9. The monoisotopic (exact) mass is 465 g/mol. The fourth-order valence-electron chi connectivity index (χ4n) is 5.70. The molecule has 31 heavy (non-hydrogen) atoms. The lowest BCUT2D eigenvalue weighted by molar-refractivity contribution is -0.143. The highest BCUT2D eigenvalue weighted by molar-refractivity contribution is 7.99. The van der Waals surface area contributed by atoms with Crippen LogP contribution in [0.25, 0.3) is 0 Å². The Kier molecular flexibility index (Phi) is 7.54. The van der Waals surface area contributed by atoms with Gasteiger partial charge in [-0.3, -0.25) is 9.59 Å². The lowest BCUT2D eigenvalue weighted by Crippen LogP contribution is -2.53. The van der Waals surface area contributed by atoms with Crippen molar-refractivity contribution in [3.05, 3.63) is 23.2 Å². The minimum atomic E-state index is -0.561. The van der Waals surface area contributed by atoms with Gasteiger partial charge in [-0.25, -0.2) is 4.98 Å². The van der Waals surface area contributed by atoms with Gasteiger partial charge in [0.15, 0.2) is 5.13 Å². The number of fused-ring (bicyclic) bond motifs is 2. The van der Waals surface area contributed by atoms with Gasteiger partial charge in [0.05, 0.1) is 17.6 Å². The first kappa shape index (κ1) is 24.3. The van der Waals surface area contributed by atoms with E-state index in [2.05, 4.69) is 25.7 Å². The number of amides is 2. The summed E-state index contributed by atoms with van der Waals surface area (Å²) in [6.45, 7) is 10.6. The molecule has 172 valence electrons. The Balaban J connectivity index is 1.82. The highest BCUT2D eigenvalue weighted by Gasteiger charge is 2.54. The van der Waals surface area contributed by atoms with Crippen LogP contribution in [0.2, 0.25) is 0 Å². The number of carbonyl (C=O) groups is 2. The summed E-state index contributed by atoms with van der Waals surface area (Å²) in [5.74, 6) is 0.233. The second-order valence-corrected chi connectivity index (χ2v) is 11.4. The average molecular weight is 466 g/mol. The van der Waals surface area contributed by atoms with Gasteiger partial charge in [0.25, 0.3) is 0 Å². The summed E-state index contributed by atoms with van der Waals surface area (Å²) in [4.78, 5) is 32.5. The minimum Gasteiger partial charge on any atom is -0.392 e. The molecule has 1 aromatic heterocycles. The third kappa shape index (κ3) is 4.71. The van der Waals surface area contributed by atoms with Gasteiger partial charge in [0.2, 0.25) is 11.8 Å². The van der Waals surface area contributed by atoms with E-state index in [1.807, 2.05) is 13.2 Å². The highest BCUT2D eigenvalue weighted by atomic mass is 32.2. The predicted octanol–water partition coefficient (Wildman–Crippen LogP) is 3.78. The number of aliphatic hydroxyl groups excluding tert-OH is 1. The molecule has 0 radical (unpaired) electrons. The molecule has 1 aromatic rings. The molecule has 0 saturated heterocycles. The van der Waals surface area contributed by atoms with Gasteiger partial charge >= 0.3 is 0 Å². The number of hydrogen-bond acceptors (Lipinski definition) is 6. The van der Waals surface area contributed by atoms with E-state index in [4.69, 9.17) is 4.98 Å². The largest absolute Gasteiger partial charge is 0.392 e. The van der Waals surface area contributed by atoms with Crippen molar-refractivity contribution in [2.75, 3.05) is 30.9 Å². The first-order chi connectivity index (χ1) is 14.6. The molecular weight excluding hydrogens is 430 g/mol. The molecule has 0 spiro atoms. The van der Waals surface area contributed by atoms with Crippen LogP contribution >= 0.6 is 23.1 Å². The number of rotatable bonds is 7. The van der Waals surface area contributed by atoms with Crippen molar-refractivity contribution >= 4 is 40.0 Å². The van der Waals surface area contributed by atoms with Crippen LogP contribution in [-0.2, 0) is 16.0 Å². The van der Waals surface area contributed by atoms with Gasteiger partial charge in [0, 0.05) is 30.3 Å². The van der Waals surface area contributed by atoms with Crippen LogP contribution in [0.1, 0.15) is 50.1 Å². The van der Waals surface area contributed by atoms with Gasteiger partial charge in [-0.1, -0.05) is 26.8 Å². The molecule has 0 aromatic carbocycles. The first-order valence-electron chi connectivity index (χ1n) is 10.9. The van der Waals surface area contributed by atoms with Crippen molar-refractivity contribution in [1.82, 2.24) is 9.88 Å². The van der Waals surface area contributed by atoms with E-state index in [1.165, 1.54) is 16.6 Å². The Bertz CT molecular complexity index is 842. The van der Waals surface area contributed by atoms with Crippen LogP contribution in [0.4, 0.5) is 5.13 Å². The zero-order valence-electron chi connectivity index (χ0n) is 19.2. The number of aromatic nitrogens is 1. The molecule has 3 rings (SSSR count). The molecule has 1 heterocycles. The third-order valence-corrected chi connectivity index (χ3v) is 8.79. The van der Waals surface area contributed by atoms with Crippen LogP contribution in [0.15, 0.2) is 12.7 Å². The molecule has 8 heteroatoms. The first-order valence-corrected chi connectivity index (χ1v) is 13.2. The van der Waals surface area contributed by atoms with E-state index in [0.717, 1.165) is 25.0 Å². The van der Waals surface area contributed by atoms with Crippen molar-refractivity contribution in [2.45, 2.75) is 52.1 Å². The SMILES string of the molecule is C=CCN(C)C(=O)[C@@H](C)C1CC[C@@]2(C)Cc3sc(NC(=O)CSC)nc3[C@@H](C)[C@@H]2[C@H]1O. The number of nitrogens with one attached hydrogen (secondary N) is 1. The number of anilines is 1. The van der Waals surface area contributed by atoms with Crippen molar-refractivity contribution in [3.63, 3.8) is 0 Å². The Hall–Kier alpha value is -1.38. The second kappa shape index (κ2) is 9.63. The summed E-state index contributed by atoms with van der Waals surface area (Å²) in [6, 6.07) is 0. The number of aliphatic hydroxyl groups is 1. The van der Waals surface area contributed by atoms with E-state index in [9.17, 15) is 14.7 Å². The van der Waals surface area contributed by atoms with Crippen LogP contribution in [0.5, 0.6) is 0 Å². The zero-order valence-corrected chi connectivity index (χ0v) is 20.8. The van der Waals surface area contributed by atoms with Gasteiger partial charge in [0.1, 0.15) is 0 Å². The topological polar surface area (TPSA) is 82.5 Å². The van der Waals surface area contributed by atoms with Gasteiger partial charge in [-0.05, 0) is 42.8 Å². The highest BCUT2D eigenvalue weighted by Crippen LogP contribution is 2.57. The minimum absolute atomic E-state index is 0.0361. The number of carbonyl (C=O) groups excluding carboxylic acids is 2. The maximum atomic E-state index is 12.9. The molecule has 0 aliphatic heterocycles. The second-order valence-electron chi connectivity index (χ2n) is 9.44. The summed E-state index contributed by atoms with van der Waals surface area (Å²) in [6.07, 6.45) is 5.73. The van der Waals surface area contributed by atoms with E-state index in [1.54, 1.807) is 29.4 Å². The van der Waals surface area contributed by atoms with E-state index in [-0.39, 0.29) is 40.9 Å². The van der Waals surface area contributed by atoms with E-state index < -0.39 is 6.10 Å². The van der Waals surface area contributed by atoms with Crippen LogP contribution in [0.3, 0.4) is 0 Å². The molecule has 2 N–H and O–H groups in total. The molecule has 1 unspecified atom stereocenters. The lowest BCUT2D eigenvalue weighted by atomic mass is 9.53. The number of hydrogen-bond donors (Lipinski definition) is 2. The lowest BCUT2D eigenvalue weighted by Gasteiger charge is -2.53. The summed E-state index contributed by atoms with van der Waals surface area (Å²) in [5.41, 5.74) is 0.958. The number of thiazole rings is 1. The summed E-state index contributed by atoms with van der Waals surface area (Å²) in [7, 11) is 1.79. The smallest absolute Gasteiger partial charge is 0.236 e. The van der Waals surface area contributed by atoms with Crippen LogP contribution in [-0.4, -0.2) is 58.5 Å². The normalized spacial score (nSPS) is 30.6. The van der Waals surface area contributed by atoms with Crippen molar-refractivity contribution in [1.29, 1.82) is 0 Å². The maximum absolute atomic E-state index is 12.9. The Morgan fingerprint density at radius 1 is 1.52 bits per heavy atom. The fraction of sp³-hybridized carbons (Fsp3) is 0.696. The quantitative estimate of drug-likeness (QED) is 0.599. The van der Waals surface area contributed by atoms with Crippen LogP contribution in [0, 0.1) is 23.2 Å². The Morgan fingerprint density at radius 3 is 2.87 bits per heavy atom. The Morgan fingerprint density at radius 2 is 2.23 bits per heavy atom. The summed E-state index contributed by atoms with van der Waals surface area (Å²) in [5, 5.41) is 15.1.